The summed E-state index contributed by atoms with van der Waals surface area (Å²) in [6, 6.07) is 4.22. The number of hydrogen-bond donors (Lipinski definition) is 0. The predicted molar refractivity (Wildman–Crippen MR) is 54.3 cm³/mol. The minimum atomic E-state index is -3.89. The van der Waals surface area contributed by atoms with E-state index in [1.807, 2.05) is 0 Å². The normalized spacial score (nSPS) is 10.7. The fourth-order valence-corrected chi connectivity index (χ4v) is 2.37. The lowest BCUT2D eigenvalue weighted by Gasteiger charge is -2.04. The Balaban J connectivity index is 3.62. The van der Waals surface area contributed by atoms with E-state index < -0.39 is 9.05 Å². The van der Waals surface area contributed by atoms with Gasteiger partial charge in [-0.05, 0) is 24.6 Å². The summed E-state index contributed by atoms with van der Waals surface area (Å²) in [6.07, 6.45) is 0.420. The van der Waals surface area contributed by atoms with Gasteiger partial charge in [-0.15, -0.1) is 0 Å². The zero-order valence-electron chi connectivity index (χ0n) is 7.69. The Morgan fingerprint density at radius 2 is 2.07 bits per heavy atom. The second-order valence-electron chi connectivity index (χ2n) is 2.87. The molecule has 0 aliphatic rings. The maximum Gasteiger partial charge on any atom is 0.261 e. The van der Waals surface area contributed by atoms with Crippen LogP contribution in [0.2, 0.25) is 0 Å². The molecule has 6 heteroatoms. The number of carbonyl (C=O) groups is 1. The van der Waals surface area contributed by atoms with Gasteiger partial charge in [-0.2, -0.15) is 5.26 Å². The molecule has 0 aliphatic heterocycles. The number of nitrogens with zero attached hydrogens (tertiary/aromatic N) is 1. The van der Waals surface area contributed by atoms with E-state index in [0.717, 1.165) is 6.07 Å². The van der Waals surface area contributed by atoms with E-state index in [2.05, 4.69) is 0 Å². The van der Waals surface area contributed by atoms with E-state index in [4.69, 9.17) is 15.9 Å². The maximum absolute atomic E-state index is 11.1. The van der Waals surface area contributed by atoms with Crippen molar-refractivity contribution in [3.05, 3.63) is 28.8 Å². The molecule has 1 rings (SSSR count). The predicted octanol–water partition coefficient (Wildman–Crippen LogP) is 1.61. The van der Waals surface area contributed by atoms with Gasteiger partial charge in [0.15, 0.2) is 6.29 Å². The summed E-state index contributed by atoms with van der Waals surface area (Å²) < 4.78 is 22.2. The van der Waals surface area contributed by atoms with Crippen molar-refractivity contribution in [2.75, 3.05) is 0 Å². The SMILES string of the molecule is Cc1cc(C#N)c(C=O)cc1S(=O)(=O)Cl. The smallest absolute Gasteiger partial charge is 0.261 e. The minimum absolute atomic E-state index is 0.0160. The zero-order chi connectivity index (χ0) is 11.6. The van der Waals surface area contributed by atoms with Crippen molar-refractivity contribution < 1.29 is 13.2 Å². The lowest BCUT2D eigenvalue weighted by Crippen LogP contribution is -1.99. The highest BCUT2D eigenvalue weighted by Crippen LogP contribution is 2.22. The summed E-state index contributed by atoms with van der Waals surface area (Å²) in [7, 11) is 1.27. The first-order valence-corrected chi connectivity index (χ1v) is 6.15. The van der Waals surface area contributed by atoms with Gasteiger partial charge in [0.05, 0.1) is 16.5 Å². The van der Waals surface area contributed by atoms with Gasteiger partial charge in [-0.25, -0.2) is 8.42 Å². The Bertz CT molecular complexity index is 557. The van der Waals surface area contributed by atoms with Crippen LogP contribution in [0, 0.1) is 18.3 Å². The van der Waals surface area contributed by atoms with Crippen LogP contribution in [0.5, 0.6) is 0 Å². The number of aldehydes is 1. The van der Waals surface area contributed by atoms with Crippen LogP contribution in [-0.2, 0) is 9.05 Å². The van der Waals surface area contributed by atoms with Crippen molar-refractivity contribution in [1.82, 2.24) is 0 Å². The molecule has 0 N–H and O–H groups in total. The average molecular weight is 244 g/mol. The lowest BCUT2D eigenvalue weighted by molar-refractivity contribution is 0.112. The number of aryl methyl sites for hydroxylation is 1. The zero-order valence-corrected chi connectivity index (χ0v) is 9.26. The van der Waals surface area contributed by atoms with Gasteiger partial charge in [0, 0.05) is 16.2 Å². The van der Waals surface area contributed by atoms with Crippen molar-refractivity contribution in [3.8, 4) is 6.07 Å². The number of carbonyl (C=O) groups excluding carboxylic acids is 1. The lowest BCUT2D eigenvalue weighted by atomic mass is 10.1. The molecular formula is C9H6ClNO3S. The summed E-state index contributed by atoms with van der Waals surface area (Å²) in [5, 5.41) is 8.68. The first-order valence-electron chi connectivity index (χ1n) is 3.84. The van der Waals surface area contributed by atoms with Gasteiger partial charge in [0.2, 0.25) is 0 Å². The Hall–Kier alpha value is -1.38. The van der Waals surface area contributed by atoms with Crippen LogP contribution in [0.15, 0.2) is 17.0 Å². The molecule has 0 heterocycles. The van der Waals surface area contributed by atoms with Crippen molar-refractivity contribution in [3.63, 3.8) is 0 Å². The van der Waals surface area contributed by atoms with Crippen LogP contribution in [0.1, 0.15) is 21.5 Å². The molecule has 4 nitrogen and oxygen atoms in total. The molecule has 0 atom stereocenters. The van der Waals surface area contributed by atoms with Crippen LogP contribution < -0.4 is 0 Å². The molecule has 0 amide bonds. The molecule has 0 radical (unpaired) electrons. The molecule has 0 spiro atoms. The van der Waals surface area contributed by atoms with Crippen LogP contribution in [0.3, 0.4) is 0 Å². The standard InChI is InChI=1S/C9H6ClNO3S/c1-6-2-7(4-11)8(5-12)3-9(6)15(10,13)14/h2-3,5H,1H3. The summed E-state index contributed by atoms with van der Waals surface area (Å²) >= 11 is 0. The Morgan fingerprint density at radius 1 is 1.47 bits per heavy atom. The molecule has 1 aromatic carbocycles. The first-order chi connectivity index (χ1) is 6.90. The molecule has 0 aliphatic carbocycles. The van der Waals surface area contributed by atoms with E-state index in [9.17, 15) is 13.2 Å². The van der Waals surface area contributed by atoms with Gasteiger partial charge in [-0.1, -0.05) is 0 Å². The molecule has 78 valence electrons. The first kappa shape index (κ1) is 11.7. The number of rotatable bonds is 2. The third-order valence-electron chi connectivity index (χ3n) is 1.86. The van der Waals surface area contributed by atoms with E-state index >= 15 is 0 Å². The fraction of sp³-hybridized carbons (Fsp3) is 0.111. The van der Waals surface area contributed by atoms with Crippen LogP contribution in [-0.4, -0.2) is 14.7 Å². The highest BCUT2D eigenvalue weighted by atomic mass is 35.7. The molecule has 0 saturated heterocycles. The Labute approximate surface area is 91.5 Å². The minimum Gasteiger partial charge on any atom is -0.298 e. The molecule has 0 unspecified atom stereocenters. The molecule has 0 saturated carbocycles. The van der Waals surface area contributed by atoms with Gasteiger partial charge < -0.3 is 0 Å². The van der Waals surface area contributed by atoms with E-state index in [-0.39, 0.29) is 16.0 Å². The van der Waals surface area contributed by atoms with Gasteiger partial charge in [-0.3, -0.25) is 4.79 Å². The van der Waals surface area contributed by atoms with E-state index in [1.165, 1.54) is 13.0 Å². The van der Waals surface area contributed by atoms with Crippen LogP contribution in [0.4, 0.5) is 0 Å². The Kier molecular flexibility index (Phi) is 3.12. The fourth-order valence-electron chi connectivity index (χ4n) is 1.16. The average Bonchev–Trinajstić information content (AvgIpc) is 2.15. The molecule has 0 fully saturated rings. The van der Waals surface area contributed by atoms with Gasteiger partial charge in [0.25, 0.3) is 9.05 Å². The van der Waals surface area contributed by atoms with E-state index in [0.29, 0.717) is 11.8 Å². The number of benzene rings is 1. The summed E-state index contributed by atoms with van der Waals surface area (Å²) in [5.74, 6) is 0. The second-order valence-corrected chi connectivity index (χ2v) is 5.41. The number of hydrogen-bond acceptors (Lipinski definition) is 4. The van der Waals surface area contributed by atoms with Crippen molar-refractivity contribution in [2.24, 2.45) is 0 Å². The maximum atomic E-state index is 11.1. The molecule has 1 aromatic rings. The van der Waals surface area contributed by atoms with Crippen molar-refractivity contribution in [1.29, 1.82) is 5.26 Å². The van der Waals surface area contributed by atoms with Gasteiger partial charge >= 0.3 is 0 Å². The molecule has 0 bridgehead atoms. The molecule has 15 heavy (non-hydrogen) atoms. The topological polar surface area (TPSA) is 75.0 Å². The third kappa shape index (κ3) is 2.35. The van der Waals surface area contributed by atoms with E-state index in [1.54, 1.807) is 6.07 Å². The molecular weight excluding hydrogens is 238 g/mol. The third-order valence-corrected chi connectivity index (χ3v) is 3.32. The summed E-state index contributed by atoms with van der Waals surface area (Å²) in [5.41, 5.74) is 0.487. The van der Waals surface area contributed by atoms with Crippen molar-refractivity contribution >= 4 is 26.0 Å². The second kappa shape index (κ2) is 4.01. The van der Waals surface area contributed by atoms with Crippen LogP contribution >= 0.6 is 10.7 Å². The largest absolute Gasteiger partial charge is 0.298 e. The molecule has 0 aromatic heterocycles. The highest BCUT2D eigenvalue weighted by Gasteiger charge is 2.16. The number of nitriles is 1. The highest BCUT2D eigenvalue weighted by molar-refractivity contribution is 8.13. The van der Waals surface area contributed by atoms with Crippen LogP contribution in [0.25, 0.3) is 0 Å². The summed E-state index contributed by atoms with van der Waals surface area (Å²) in [6.45, 7) is 1.50. The number of halogens is 1. The monoisotopic (exact) mass is 243 g/mol. The van der Waals surface area contributed by atoms with Gasteiger partial charge in [0.1, 0.15) is 0 Å². The summed E-state index contributed by atoms with van der Waals surface area (Å²) in [4.78, 5) is 10.4. The Morgan fingerprint density at radius 3 is 2.47 bits per heavy atom. The van der Waals surface area contributed by atoms with Crippen molar-refractivity contribution in [2.45, 2.75) is 11.8 Å². The quantitative estimate of drug-likeness (QED) is 0.584.